The number of carbonyl (C=O) groups is 2. The van der Waals surface area contributed by atoms with E-state index in [0.717, 1.165) is 5.56 Å². The fraction of sp³-hybridized carbons (Fsp3) is 0.333. The molecular weight excluding hydrogens is 312 g/mol. The van der Waals surface area contributed by atoms with E-state index in [0.29, 0.717) is 23.4 Å². The van der Waals surface area contributed by atoms with Gasteiger partial charge in [-0.2, -0.15) is 10.2 Å². The minimum absolute atomic E-state index is 0.0295. The van der Waals surface area contributed by atoms with Crippen LogP contribution in [0.1, 0.15) is 54.0 Å². The summed E-state index contributed by atoms with van der Waals surface area (Å²) in [6, 6.07) is 14.7. The molecule has 0 saturated carbocycles. The summed E-state index contributed by atoms with van der Waals surface area (Å²) in [7, 11) is 0. The SMILES string of the molecule is CC(C)C(=O)c1cccc(CN=Nc2cccc(C(=O)C(C)C)c2)c1. The lowest BCUT2D eigenvalue weighted by atomic mass is 9.99. The molecule has 0 aliphatic carbocycles. The van der Waals surface area contributed by atoms with Crippen LogP contribution in [-0.2, 0) is 6.54 Å². The molecule has 0 atom stereocenters. The Hall–Kier alpha value is -2.62. The number of benzene rings is 2. The molecule has 4 heteroatoms. The summed E-state index contributed by atoms with van der Waals surface area (Å²) in [5.74, 6) is 0.141. The quantitative estimate of drug-likeness (QED) is 0.484. The zero-order valence-electron chi connectivity index (χ0n) is 15.2. The van der Waals surface area contributed by atoms with Crippen LogP contribution in [-0.4, -0.2) is 11.6 Å². The molecule has 25 heavy (non-hydrogen) atoms. The van der Waals surface area contributed by atoms with Gasteiger partial charge in [-0.15, -0.1) is 0 Å². The fourth-order valence-corrected chi connectivity index (χ4v) is 2.41. The van der Waals surface area contributed by atoms with Crippen LogP contribution in [0.3, 0.4) is 0 Å². The number of hydrogen-bond acceptors (Lipinski definition) is 4. The van der Waals surface area contributed by atoms with E-state index in [1.807, 2.05) is 64.1 Å². The van der Waals surface area contributed by atoms with Crippen molar-refractivity contribution in [2.24, 2.45) is 22.1 Å². The molecule has 0 aliphatic rings. The van der Waals surface area contributed by atoms with Gasteiger partial charge in [0.15, 0.2) is 11.6 Å². The second-order valence-electron chi connectivity index (χ2n) is 6.69. The van der Waals surface area contributed by atoms with Crippen LogP contribution in [0.15, 0.2) is 58.8 Å². The molecule has 0 bridgehead atoms. The van der Waals surface area contributed by atoms with E-state index < -0.39 is 0 Å². The van der Waals surface area contributed by atoms with Crippen LogP contribution >= 0.6 is 0 Å². The van der Waals surface area contributed by atoms with Gasteiger partial charge in [-0.1, -0.05) is 58.0 Å². The van der Waals surface area contributed by atoms with Crippen molar-refractivity contribution in [3.8, 4) is 0 Å². The van der Waals surface area contributed by atoms with Crippen molar-refractivity contribution in [3.05, 3.63) is 65.2 Å². The van der Waals surface area contributed by atoms with Gasteiger partial charge >= 0.3 is 0 Å². The van der Waals surface area contributed by atoms with Gasteiger partial charge < -0.3 is 0 Å². The zero-order valence-corrected chi connectivity index (χ0v) is 15.2. The van der Waals surface area contributed by atoms with Crippen molar-refractivity contribution in [1.82, 2.24) is 0 Å². The number of ketones is 2. The van der Waals surface area contributed by atoms with E-state index in [9.17, 15) is 9.59 Å². The lowest BCUT2D eigenvalue weighted by molar-refractivity contribution is 0.0932. The maximum absolute atomic E-state index is 12.1. The number of azo groups is 1. The predicted molar refractivity (Wildman–Crippen MR) is 99.4 cm³/mol. The summed E-state index contributed by atoms with van der Waals surface area (Å²) in [6.45, 7) is 7.92. The second-order valence-corrected chi connectivity index (χ2v) is 6.69. The normalized spacial score (nSPS) is 11.4. The summed E-state index contributed by atoms with van der Waals surface area (Å²) in [6.07, 6.45) is 0. The molecule has 0 radical (unpaired) electrons. The maximum Gasteiger partial charge on any atom is 0.165 e. The third kappa shape index (κ3) is 5.18. The topological polar surface area (TPSA) is 58.9 Å². The zero-order chi connectivity index (χ0) is 18.4. The molecule has 2 aromatic rings. The average molecular weight is 336 g/mol. The molecule has 130 valence electrons. The molecule has 0 fully saturated rings. The van der Waals surface area contributed by atoms with Gasteiger partial charge in [0.2, 0.25) is 0 Å². The molecule has 2 rings (SSSR count). The number of rotatable bonds is 7. The summed E-state index contributed by atoms with van der Waals surface area (Å²) >= 11 is 0. The van der Waals surface area contributed by atoms with E-state index in [-0.39, 0.29) is 23.4 Å². The molecule has 0 N–H and O–H groups in total. The third-order valence-electron chi connectivity index (χ3n) is 3.83. The molecule has 0 aliphatic heterocycles. The van der Waals surface area contributed by atoms with Crippen LogP contribution < -0.4 is 0 Å². The van der Waals surface area contributed by atoms with E-state index in [1.165, 1.54) is 0 Å². The standard InChI is InChI=1S/C21H24N2O2/c1-14(2)20(24)17-8-5-7-16(11-17)13-22-23-19-10-6-9-18(12-19)21(25)15(3)4/h5-12,14-15H,13H2,1-4H3. The van der Waals surface area contributed by atoms with Crippen LogP contribution in [0.5, 0.6) is 0 Å². The fourth-order valence-electron chi connectivity index (χ4n) is 2.41. The highest BCUT2D eigenvalue weighted by Crippen LogP contribution is 2.18. The summed E-state index contributed by atoms with van der Waals surface area (Å²) in [5.41, 5.74) is 2.94. The molecule has 0 aromatic heterocycles. The van der Waals surface area contributed by atoms with Gasteiger partial charge in [0.25, 0.3) is 0 Å². The van der Waals surface area contributed by atoms with Crippen molar-refractivity contribution >= 4 is 17.3 Å². The molecule has 2 aromatic carbocycles. The minimum Gasteiger partial charge on any atom is -0.294 e. The van der Waals surface area contributed by atoms with Crippen molar-refractivity contribution in [2.45, 2.75) is 34.2 Å². The van der Waals surface area contributed by atoms with Gasteiger partial charge in [0.1, 0.15) is 0 Å². The first-order valence-corrected chi connectivity index (χ1v) is 8.53. The second kappa shape index (κ2) is 8.47. The average Bonchev–Trinajstić information content (AvgIpc) is 2.60. The first-order valence-electron chi connectivity index (χ1n) is 8.53. The Morgan fingerprint density at radius 3 is 2.00 bits per heavy atom. The highest BCUT2D eigenvalue weighted by Gasteiger charge is 2.11. The molecule has 0 amide bonds. The van der Waals surface area contributed by atoms with Crippen LogP contribution in [0.25, 0.3) is 0 Å². The summed E-state index contributed by atoms with van der Waals surface area (Å²) < 4.78 is 0. The predicted octanol–water partition coefficient (Wildman–Crippen LogP) is 5.65. The Balaban J connectivity index is 2.09. The number of hydrogen-bond donors (Lipinski definition) is 0. The van der Waals surface area contributed by atoms with E-state index >= 15 is 0 Å². The van der Waals surface area contributed by atoms with Gasteiger partial charge in [0.05, 0.1) is 12.2 Å². The Morgan fingerprint density at radius 1 is 0.840 bits per heavy atom. The highest BCUT2D eigenvalue weighted by molar-refractivity contribution is 5.98. The van der Waals surface area contributed by atoms with Gasteiger partial charge in [0, 0.05) is 23.0 Å². The Bertz CT molecular complexity index is 792. The Kier molecular flexibility index (Phi) is 6.34. The minimum atomic E-state index is -0.0478. The van der Waals surface area contributed by atoms with Crippen LogP contribution in [0.2, 0.25) is 0 Å². The smallest absolute Gasteiger partial charge is 0.165 e. The molecular formula is C21H24N2O2. The number of nitrogens with zero attached hydrogens (tertiary/aromatic N) is 2. The highest BCUT2D eigenvalue weighted by atomic mass is 16.1. The van der Waals surface area contributed by atoms with Gasteiger partial charge in [-0.25, -0.2) is 0 Å². The van der Waals surface area contributed by atoms with Crippen molar-refractivity contribution in [3.63, 3.8) is 0 Å². The monoisotopic (exact) mass is 336 g/mol. The first-order chi connectivity index (χ1) is 11.9. The molecule has 0 heterocycles. The first kappa shape index (κ1) is 18.7. The lowest BCUT2D eigenvalue weighted by Gasteiger charge is -2.05. The number of carbonyl (C=O) groups excluding carboxylic acids is 2. The Morgan fingerprint density at radius 2 is 1.40 bits per heavy atom. The molecule has 4 nitrogen and oxygen atoms in total. The summed E-state index contributed by atoms with van der Waals surface area (Å²) in [4.78, 5) is 24.1. The van der Waals surface area contributed by atoms with Crippen molar-refractivity contribution in [2.75, 3.05) is 0 Å². The molecule has 0 unspecified atom stereocenters. The van der Waals surface area contributed by atoms with Crippen LogP contribution in [0.4, 0.5) is 5.69 Å². The van der Waals surface area contributed by atoms with E-state index in [4.69, 9.17) is 0 Å². The largest absolute Gasteiger partial charge is 0.294 e. The lowest BCUT2D eigenvalue weighted by Crippen LogP contribution is -2.07. The van der Waals surface area contributed by atoms with Crippen molar-refractivity contribution < 1.29 is 9.59 Å². The van der Waals surface area contributed by atoms with Crippen molar-refractivity contribution in [1.29, 1.82) is 0 Å². The summed E-state index contributed by atoms with van der Waals surface area (Å²) in [5, 5.41) is 8.41. The van der Waals surface area contributed by atoms with E-state index in [2.05, 4.69) is 10.2 Å². The van der Waals surface area contributed by atoms with E-state index in [1.54, 1.807) is 12.1 Å². The maximum atomic E-state index is 12.1. The number of Topliss-reactive ketones (excluding diaryl/α,β-unsaturated/α-hetero) is 2. The molecule has 0 spiro atoms. The van der Waals surface area contributed by atoms with Gasteiger partial charge in [-0.3, -0.25) is 9.59 Å². The Labute approximate surface area is 149 Å². The molecule has 0 saturated heterocycles. The van der Waals surface area contributed by atoms with Gasteiger partial charge in [-0.05, 0) is 23.8 Å². The third-order valence-corrected chi connectivity index (χ3v) is 3.83. The van der Waals surface area contributed by atoms with Crippen LogP contribution in [0, 0.1) is 11.8 Å².